The van der Waals surface area contributed by atoms with E-state index in [1.807, 2.05) is 78.1 Å². The highest BCUT2D eigenvalue weighted by Crippen LogP contribution is 2.46. The van der Waals surface area contributed by atoms with E-state index in [0.717, 1.165) is 66.1 Å². The zero-order chi connectivity index (χ0) is 41.9. The first-order chi connectivity index (χ1) is 31.7. The van der Waals surface area contributed by atoms with E-state index in [2.05, 4.69) is 132 Å². The van der Waals surface area contributed by atoms with Crippen molar-refractivity contribution in [3.8, 4) is 51.0 Å². The number of benzene rings is 9. The second-order valence-corrected chi connectivity index (χ2v) is 17.3. The van der Waals surface area contributed by atoms with Crippen LogP contribution in [0, 0.1) is 0 Å². The topological polar surface area (TPSA) is 69.9 Å². The molecule has 6 nitrogen and oxygen atoms in total. The molecule has 9 aromatic carbocycles. The van der Waals surface area contributed by atoms with Crippen LogP contribution in [0.15, 0.2) is 203 Å². The van der Waals surface area contributed by atoms with Crippen LogP contribution in [0.3, 0.4) is 0 Å². The first kappa shape index (κ1) is 35.2. The molecule has 0 N–H and O–H groups in total. The summed E-state index contributed by atoms with van der Waals surface area (Å²) in [5.41, 5.74) is 11.7. The third-order valence-corrected chi connectivity index (χ3v) is 13.9. The van der Waals surface area contributed by atoms with Crippen molar-refractivity contribution in [3.63, 3.8) is 0 Å². The van der Waals surface area contributed by atoms with Crippen LogP contribution in [0.4, 0.5) is 0 Å². The fraction of sp³-hybridized carbons (Fsp3) is 0. The van der Waals surface area contributed by atoms with Gasteiger partial charge < -0.3 is 13.4 Å². The Kier molecular flexibility index (Phi) is 7.46. The second kappa shape index (κ2) is 13.6. The number of para-hydroxylation sites is 3. The summed E-state index contributed by atoms with van der Waals surface area (Å²) < 4.78 is 17.8. The van der Waals surface area contributed by atoms with E-state index in [9.17, 15) is 0 Å². The first-order valence-corrected chi connectivity index (χ1v) is 22.2. The van der Waals surface area contributed by atoms with E-state index in [1.54, 1.807) is 0 Å². The standard InChI is InChI=1S/C57H32N4O2S/c1-2-13-33(14-3-1)55-58-56(35-27-29-40-39-17-6-9-24-47(39)63-50(40)32-35)60-57(59-55)42-20-11-25-49-52(42)43-31-34(28-30-48(43)62-49)36-18-12-26-51-53(36)41-19-10-23-46(54(41)64-51)61-44-21-7-4-15-37(44)38-16-5-8-22-45(38)61/h1-32H. The molecule has 7 heteroatoms. The Morgan fingerprint density at radius 3 is 1.81 bits per heavy atom. The molecule has 0 radical (unpaired) electrons. The van der Waals surface area contributed by atoms with Gasteiger partial charge in [-0.15, -0.1) is 11.3 Å². The van der Waals surface area contributed by atoms with Gasteiger partial charge in [-0.2, -0.15) is 0 Å². The van der Waals surface area contributed by atoms with Crippen molar-refractivity contribution in [1.29, 1.82) is 0 Å². The lowest BCUT2D eigenvalue weighted by Crippen LogP contribution is -2.00. The van der Waals surface area contributed by atoms with Crippen molar-refractivity contribution < 1.29 is 8.83 Å². The number of thiophene rings is 1. The molecular weight excluding hydrogens is 805 g/mol. The summed E-state index contributed by atoms with van der Waals surface area (Å²) in [6, 6.07) is 67.9. The summed E-state index contributed by atoms with van der Waals surface area (Å²) in [6.07, 6.45) is 0. The Bertz CT molecular complexity index is 4160. The molecule has 0 spiro atoms. The van der Waals surface area contributed by atoms with Crippen molar-refractivity contribution in [2.45, 2.75) is 0 Å². The van der Waals surface area contributed by atoms with Gasteiger partial charge in [-0.25, -0.2) is 15.0 Å². The molecule has 0 saturated carbocycles. The summed E-state index contributed by atoms with van der Waals surface area (Å²) in [6.45, 7) is 0. The van der Waals surface area contributed by atoms with Crippen LogP contribution < -0.4 is 0 Å². The minimum atomic E-state index is 0.563. The number of furan rings is 2. The van der Waals surface area contributed by atoms with E-state index < -0.39 is 0 Å². The van der Waals surface area contributed by atoms with Crippen molar-refractivity contribution in [2.24, 2.45) is 0 Å². The highest BCUT2D eigenvalue weighted by Gasteiger charge is 2.21. The monoisotopic (exact) mass is 836 g/mol. The summed E-state index contributed by atoms with van der Waals surface area (Å²) in [5.74, 6) is 1.72. The van der Waals surface area contributed by atoms with Crippen molar-refractivity contribution >= 4 is 97.2 Å². The second-order valence-electron chi connectivity index (χ2n) is 16.3. The van der Waals surface area contributed by atoms with Crippen molar-refractivity contribution in [3.05, 3.63) is 194 Å². The smallest absolute Gasteiger partial charge is 0.164 e. The molecule has 0 fully saturated rings. The van der Waals surface area contributed by atoms with Gasteiger partial charge in [0.05, 0.1) is 21.4 Å². The van der Waals surface area contributed by atoms with Crippen molar-refractivity contribution in [2.75, 3.05) is 0 Å². The predicted molar refractivity (Wildman–Crippen MR) is 263 cm³/mol. The zero-order valence-electron chi connectivity index (χ0n) is 34.0. The fourth-order valence-electron chi connectivity index (χ4n) is 9.82. The number of nitrogens with zero attached hydrogens (tertiary/aromatic N) is 4. The molecule has 0 amide bonds. The van der Waals surface area contributed by atoms with Crippen LogP contribution in [0.1, 0.15) is 0 Å². The predicted octanol–water partition coefficient (Wildman–Crippen LogP) is 15.8. The van der Waals surface area contributed by atoms with E-state index >= 15 is 0 Å². The maximum Gasteiger partial charge on any atom is 0.164 e. The highest BCUT2D eigenvalue weighted by atomic mass is 32.1. The molecule has 64 heavy (non-hydrogen) atoms. The summed E-state index contributed by atoms with van der Waals surface area (Å²) in [7, 11) is 0. The Balaban J connectivity index is 0.954. The van der Waals surface area contributed by atoms with Crippen LogP contribution in [0.5, 0.6) is 0 Å². The molecule has 0 saturated heterocycles. The molecule has 0 unspecified atom stereocenters. The van der Waals surface area contributed by atoms with E-state index in [0.29, 0.717) is 17.5 Å². The van der Waals surface area contributed by atoms with Gasteiger partial charge in [0.25, 0.3) is 0 Å². The van der Waals surface area contributed by atoms with Crippen LogP contribution in [0.25, 0.3) is 137 Å². The third-order valence-electron chi connectivity index (χ3n) is 12.7. The molecule has 0 bridgehead atoms. The number of rotatable bonds is 5. The van der Waals surface area contributed by atoms with E-state index in [1.165, 1.54) is 53.2 Å². The van der Waals surface area contributed by atoms with Gasteiger partial charge in [0.1, 0.15) is 22.3 Å². The van der Waals surface area contributed by atoms with Gasteiger partial charge in [0.2, 0.25) is 0 Å². The summed E-state index contributed by atoms with van der Waals surface area (Å²) in [5, 5.41) is 9.08. The summed E-state index contributed by atoms with van der Waals surface area (Å²) in [4.78, 5) is 15.4. The number of fused-ring (bicyclic) bond motifs is 12. The Morgan fingerprint density at radius 1 is 0.359 bits per heavy atom. The molecule has 14 aromatic rings. The molecule has 0 atom stereocenters. The number of hydrogen-bond acceptors (Lipinski definition) is 6. The molecule has 0 aliphatic rings. The first-order valence-electron chi connectivity index (χ1n) is 21.3. The molecule has 0 aliphatic carbocycles. The Labute approximate surface area is 368 Å². The van der Waals surface area contributed by atoms with Crippen LogP contribution >= 0.6 is 11.3 Å². The lowest BCUT2D eigenvalue weighted by molar-refractivity contribution is 0.668. The molecule has 5 aromatic heterocycles. The van der Waals surface area contributed by atoms with Crippen LogP contribution in [-0.4, -0.2) is 19.5 Å². The Morgan fingerprint density at radius 2 is 0.969 bits per heavy atom. The Hall–Kier alpha value is -8.39. The minimum absolute atomic E-state index is 0.563. The van der Waals surface area contributed by atoms with Gasteiger partial charge in [0, 0.05) is 64.5 Å². The van der Waals surface area contributed by atoms with Crippen LogP contribution in [0.2, 0.25) is 0 Å². The number of aromatic nitrogens is 4. The van der Waals surface area contributed by atoms with Gasteiger partial charge in [-0.05, 0) is 71.8 Å². The third kappa shape index (κ3) is 5.22. The fourth-order valence-corrected chi connectivity index (χ4v) is 11.1. The average Bonchev–Trinajstić information content (AvgIpc) is 4.12. The van der Waals surface area contributed by atoms with Crippen molar-refractivity contribution in [1.82, 2.24) is 19.5 Å². The molecular formula is C57H32N4O2S. The average molecular weight is 837 g/mol. The van der Waals surface area contributed by atoms with Gasteiger partial charge in [-0.1, -0.05) is 133 Å². The summed E-state index contributed by atoms with van der Waals surface area (Å²) >= 11 is 1.85. The maximum absolute atomic E-state index is 6.60. The van der Waals surface area contributed by atoms with Gasteiger partial charge >= 0.3 is 0 Å². The van der Waals surface area contributed by atoms with Gasteiger partial charge in [0.15, 0.2) is 17.5 Å². The largest absolute Gasteiger partial charge is 0.456 e. The van der Waals surface area contributed by atoms with E-state index in [4.69, 9.17) is 23.8 Å². The molecule has 298 valence electrons. The molecule has 0 aliphatic heterocycles. The van der Waals surface area contributed by atoms with Crippen LogP contribution in [-0.2, 0) is 0 Å². The quantitative estimate of drug-likeness (QED) is 0.173. The van der Waals surface area contributed by atoms with Gasteiger partial charge in [-0.3, -0.25) is 0 Å². The molecule has 14 rings (SSSR count). The zero-order valence-corrected chi connectivity index (χ0v) is 34.8. The minimum Gasteiger partial charge on any atom is -0.456 e. The highest BCUT2D eigenvalue weighted by molar-refractivity contribution is 7.26. The maximum atomic E-state index is 6.60. The SMILES string of the molecule is c1ccc(-c2nc(-c3ccc4c(c3)oc3ccccc34)nc(-c3cccc4oc5ccc(-c6cccc7sc8c(-n9c%10ccccc%10c%10ccccc%109)cccc8c67)cc5c34)n2)cc1. The number of hydrogen-bond donors (Lipinski definition) is 0. The van der Waals surface area contributed by atoms with E-state index in [-0.39, 0.29) is 0 Å². The lowest BCUT2D eigenvalue weighted by Gasteiger charge is -2.10. The lowest BCUT2D eigenvalue weighted by atomic mass is 9.97. The normalized spacial score (nSPS) is 12.1. The molecule has 5 heterocycles.